The molecule has 1 N–H and O–H groups in total. The van der Waals surface area contributed by atoms with E-state index in [1.807, 2.05) is 18.7 Å². The number of carbonyl (C=O) groups is 2. The van der Waals surface area contributed by atoms with Gasteiger partial charge >= 0.3 is 0 Å². The molecule has 0 bridgehead atoms. The highest BCUT2D eigenvalue weighted by Crippen LogP contribution is 2.13. The molecule has 0 fully saturated rings. The topological polar surface area (TPSA) is 83.6 Å². The van der Waals surface area contributed by atoms with Gasteiger partial charge in [0.2, 0.25) is 10.0 Å². The lowest BCUT2D eigenvalue weighted by Gasteiger charge is -2.21. The molecule has 156 valence electrons. The van der Waals surface area contributed by atoms with E-state index in [1.165, 1.54) is 31.2 Å². The Kier molecular flexibility index (Phi) is 8.10. The van der Waals surface area contributed by atoms with Crippen LogP contribution in [0.2, 0.25) is 0 Å². The molecule has 0 atom stereocenters. The second-order valence-corrected chi connectivity index (χ2v) is 8.66. The third-order valence-electron chi connectivity index (χ3n) is 4.51. The Morgan fingerprint density at radius 2 is 1.38 bits per heavy atom. The van der Waals surface area contributed by atoms with Crippen LogP contribution in [0.3, 0.4) is 0 Å². The van der Waals surface area contributed by atoms with Gasteiger partial charge in [0.15, 0.2) is 5.78 Å². The van der Waals surface area contributed by atoms with E-state index in [0.29, 0.717) is 11.1 Å². The van der Waals surface area contributed by atoms with Crippen molar-refractivity contribution in [2.75, 3.05) is 13.1 Å². The van der Waals surface area contributed by atoms with Crippen molar-refractivity contribution in [3.05, 3.63) is 65.2 Å². The van der Waals surface area contributed by atoms with Gasteiger partial charge in [0.1, 0.15) is 0 Å². The third kappa shape index (κ3) is 6.24. The fourth-order valence-electron chi connectivity index (χ4n) is 2.93. The van der Waals surface area contributed by atoms with Crippen LogP contribution in [0.15, 0.2) is 53.4 Å². The molecular formula is C22H28N2O4S. The molecule has 2 aromatic rings. The minimum Gasteiger partial charge on any atom is -0.339 e. The number of hydrogen-bond acceptors (Lipinski definition) is 4. The standard InChI is InChI=1S/C22H28N2O4S/c1-4-14-24(15-5-2)22(26)20-8-6-18(7-9-20)16-23-29(27,28)21-12-10-19(11-13-21)17(3)25/h6-13,23H,4-5,14-16H2,1-3H3. The van der Waals surface area contributed by atoms with E-state index in [2.05, 4.69) is 4.72 Å². The summed E-state index contributed by atoms with van der Waals surface area (Å²) in [6.45, 7) is 7.06. The van der Waals surface area contributed by atoms with Gasteiger partial charge in [0, 0.05) is 30.8 Å². The quantitative estimate of drug-likeness (QED) is 0.600. The fourth-order valence-corrected chi connectivity index (χ4v) is 3.95. The van der Waals surface area contributed by atoms with Gasteiger partial charge in [0.05, 0.1) is 4.90 Å². The number of rotatable bonds is 10. The molecule has 7 heteroatoms. The molecule has 2 aromatic carbocycles. The number of ketones is 1. The van der Waals surface area contributed by atoms with Crippen molar-refractivity contribution >= 4 is 21.7 Å². The average molecular weight is 417 g/mol. The Labute approximate surface area is 173 Å². The second-order valence-electron chi connectivity index (χ2n) is 6.89. The first-order chi connectivity index (χ1) is 13.8. The summed E-state index contributed by atoms with van der Waals surface area (Å²) < 4.78 is 27.4. The van der Waals surface area contributed by atoms with Crippen LogP contribution in [0.25, 0.3) is 0 Å². The van der Waals surface area contributed by atoms with E-state index in [-0.39, 0.29) is 23.1 Å². The van der Waals surface area contributed by atoms with E-state index < -0.39 is 10.0 Å². The zero-order valence-electron chi connectivity index (χ0n) is 17.1. The van der Waals surface area contributed by atoms with Gasteiger partial charge in [-0.25, -0.2) is 13.1 Å². The zero-order valence-corrected chi connectivity index (χ0v) is 18.0. The van der Waals surface area contributed by atoms with Crippen LogP contribution in [-0.2, 0) is 16.6 Å². The van der Waals surface area contributed by atoms with E-state index in [4.69, 9.17) is 0 Å². The fraction of sp³-hybridized carbons (Fsp3) is 0.364. The number of nitrogens with zero attached hydrogens (tertiary/aromatic N) is 1. The van der Waals surface area contributed by atoms with Crippen LogP contribution in [0, 0.1) is 0 Å². The third-order valence-corrected chi connectivity index (χ3v) is 5.93. The summed E-state index contributed by atoms with van der Waals surface area (Å²) >= 11 is 0. The summed E-state index contributed by atoms with van der Waals surface area (Å²) in [6, 6.07) is 12.8. The molecule has 1 amide bonds. The monoisotopic (exact) mass is 416 g/mol. The molecule has 0 heterocycles. The zero-order chi connectivity index (χ0) is 21.4. The number of hydrogen-bond donors (Lipinski definition) is 1. The van der Waals surface area contributed by atoms with Gasteiger partial charge in [0.25, 0.3) is 5.91 Å². The molecule has 0 saturated carbocycles. The van der Waals surface area contributed by atoms with Crippen LogP contribution in [0.1, 0.15) is 59.9 Å². The minimum atomic E-state index is -3.69. The number of benzene rings is 2. The molecule has 0 spiro atoms. The minimum absolute atomic E-state index is 0.00797. The maximum absolute atomic E-state index is 12.6. The first-order valence-corrected chi connectivity index (χ1v) is 11.3. The average Bonchev–Trinajstić information content (AvgIpc) is 2.72. The lowest BCUT2D eigenvalue weighted by molar-refractivity contribution is 0.0755. The highest BCUT2D eigenvalue weighted by atomic mass is 32.2. The molecule has 0 aliphatic carbocycles. The maximum atomic E-state index is 12.6. The van der Waals surface area contributed by atoms with E-state index in [9.17, 15) is 18.0 Å². The number of amides is 1. The summed E-state index contributed by atoms with van der Waals surface area (Å²) in [6.07, 6.45) is 1.80. The lowest BCUT2D eigenvalue weighted by atomic mass is 10.1. The second kappa shape index (κ2) is 10.3. The van der Waals surface area contributed by atoms with Gasteiger partial charge < -0.3 is 4.90 Å². The first-order valence-electron chi connectivity index (χ1n) is 9.77. The summed E-state index contributed by atoms with van der Waals surface area (Å²) in [5, 5.41) is 0. The van der Waals surface area contributed by atoms with Gasteiger partial charge in [-0.1, -0.05) is 38.1 Å². The Balaban J connectivity index is 2.03. The number of carbonyl (C=O) groups excluding carboxylic acids is 2. The maximum Gasteiger partial charge on any atom is 0.253 e. The van der Waals surface area contributed by atoms with Gasteiger partial charge in [-0.05, 0) is 49.6 Å². The van der Waals surface area contributed by atoms with E-state index in [0.717, 1.165) is 31.5 Å². The molecule has 2 rings (SSSR count). The predicted octanol–water partition coefficient (Wildman–Crippen LogP) is 3.63. The lowest BCUT2D eigenvalue weighted by Crippen LogP contribution is -2.32. The van der Waals surface area contributed by atoms with Gasteiger partial charge in [-0.15, -0.1) is 0 Å². The van der Waals surface area contributed by atoms with Gasteiger partial charge in [-0.2, -0.15) is 0 Å². The van der Waals surface area contributed by atoms with Gasteiger partial charge in [-0.3, -0.25) is 9.59 Å². The normalized spacial score (nSPS) is 11.3. The summed E-state index contributed by atoms with van der Waals surface area (Å²) in [4.78, 5) is 25.9. The number of sulfonamides is 1. The van der Waals surface area contributed by atoms with Crippen molar-refractivity contribution in [3.8, 4) is 0 Å². The van der Waals surface area contributed by atoms with Crippen LogP contribution in [-0.4, -0.2) is 38.1 Å². The van der Waals surface area contributed by atoms with Crippen molar-refractivity contribution in [2.24, 2.45) is 0 Å². The van der Waals surface area contributed by atoms with Crippen molar-refractivity contribution in [1.82, 2.24) is 9.62 Å². The van der Waals surface area contributed by atoms with Crippen molar-refractivity contribution < 1.29 is 18.0 Å². The Hall–Kier alpha value is -2.51. The molecule has 0 aromatic heterocycles. The van der Waals surface area contributed by atoms with Crippen LogP contribution in [0.5, 0.6) is 0 Å². The van der Waals surface area contributed by atoms with E-state index >= 15 is 0 Å². The first kappa shape index (κ1) is 22.8. The molecular weight excluding hydrogens is 388 g/mol. The Morgan fingerprint density at radius 3 is 1.86 bits per heavy atom. The largest absolute Gasteiger partial charge is 0.339 e. The molecule has 0 radical (unpaired) electrons. The Morgan fingerprint density at radius 1 is 0.862 bits per heavy atom. The van der Waals surface area contributed by atoms with Crippen LogP contribution >= 0.6 is 0 Å². The van der Waals surface area contributed by atoms with Crippen molar-refractivity contribution in [3.63, 3.8) is 0 Å². The number of nitrogens with one attached hydrogen (secondary N) is 1. The SMILES string of the molecule is CCCN(CCC)C(=O)c1ccc(CNS(=O)(=O)c2ccc(C(C)=O)cc2)cc1. The molecule has 0 aliphatic heterocycles. The number of Topliss-reactive ketones (excluding diaryl/α,β-unsaturated/α-hetero) is 1. The summed E-state index contributed by atoms with van der Waals surface area (Å²) in [5.74, 6) is -0.126. The highest BCUT2D eigenvalue weighted by Gasteiger charge is 2.16. The molecule has 0 aliphatic rings. The molecule has 0 unspecified atom stereocenters. The highest BCUT2D eigenvalue weighted by molar-refractivity contribution is 7.89. The molecule has 29 heavy (non-hydrogen) atoms. The molecule has 6 nitrogen and oxygen atoms in total. The van der Waals surface area contributed by atoms with Crippen molar-refractivity contribution in [1.29, 1.82) is 0 Å². The molecule has 0 saturated heterocycles. The summed E-state index contributed by atoms with van der Waals surface area (Å²) in [5.41, 5.74) is 1.81. The van der Waals surface area contributed by atoms with Crippen LogP contribution < -0.4 is 4.72 Å². The Bertz CT molecular complexity index is 930. The van der Waals surface area contributed by atoms with Crippen molar-refractivity contribution in [2.45, 2.75) is 45.1 Å². The predicted molar refractivity (Wildman–Crippen MR) is 113 cm³/mol. The smallest absolute Gasteiger partial charge is 0.253 e. The van der Waals surface area contributed by atoms with E-state index in [1.54, 1.807) is 24.3 Å². The summed E-state index contributed by atoms with van der Waals surface area (Å²) in [7, 11) is -3.69. The van der Waals surface area contributed by atoms with Crippen LogP contribution in [0.4, 0.5) is 0 Å².